The molecule has 2 amide bonds. The number of rotatable bonds is 8. The molecule has 1 saturated heterocycles. The molecule has 4 rings (SSSR count). The fourth-order valence-electron chi connectivity index (χ4n) is 4.09. The summed E-state index contributed by atoms with van der Waals surface area (Å²) in [6.07, 6.45) is 2.30. The molecule has 0 spiro atoms. The third-order valence-electron chi connectivity index (χ3n) is 5.67. The van der Waals surface area contributed by atoms with Crippen molar-refractivity contribution < 1.29 is 14.3 Å². The first-order valence-corrected chi connectivity index (χ1v) is 11.1. The fraction of sp³-hybridized carbons (Fsp3) is 0.259. The van der Waals surface area contributed by atoms with E-state index in [2.05, 4.69) is 5.32 Å². The van der Waals surface area contributed by atoms with Crippen LogP contribution in [0.1, 0.15) is 30.9 Å². The van der Waals surface area contributed by atoms with Crippen LogP contribution in [0.3, 0.4) is 0 Å². The molecule has 32 heavy (non-hydrogen) atoms. The number of carbonyl (C=O) groups excluding carboxylic acids is 2. The Morgan fingerprint density at radius 3 is 2.34 bits per heavy atom. The summed E-state index contributed by atoms with van der Waals surface area (Å²) in [5.74, 6) is 0.637. The lowest BCUT2D eigenvalue weighted by atomic mass is 10.0. The van der Waals surface area contributed by atoms with E-state index < -0.39 is 6.04 Å². The lowest BCUT2D eigenvalue weighted by molar-refractivity contribution is -0.142. The van der Waals surface area contributed by atoms with Gasteiger partial charge in [-0.2, -0.15) is 0 Å². The Morgan fingerprint density at radius 1 is 0.906 bits per heavy atom. The number of piperidine rings is 1. The SMILES string of the molecule is O=C(NCCOc1ccccc1-c1ccccc1)C(c1ccccc1)N1CCCCC1=O. The van der Waals surface area contributed by atoms with Gasteiger partial charge in [0.25, 0.3) is 0 Å². The van der Waals surface area contributed by atoms with Crippen molar-refractivity contribution in [3.63, 3.8) is 0 Å². The third-order valence-corrected chi connectivity index (χ3v) is 5.67. The number of nitrogens with zero attached hydrogens (tertiary/aromatic N) is 1. The van der Waals surface area contributed by atoms with E-state index in [1.165, 1.54) is 0 Å². The molecule has 1 unspecified atom stereocenters. The van der Waals surface area contributed by atoms with E-state index in [1.807, 2.05) is 84.9 Å². The Balaban J connectivity index is 1.40. The Morgan fingerprint density at radius 2 is 1.59 bits per heavy atom. The van der Waals surface area contributed by atoms with Crippen LogP contribution in [0.4, 0.5) is 0 Å². The predicted octanol–water partition coefficient (Wildman–Crippen LogP) is 4.60. The minimum absolute atomic E-state index is 0.0355. The zero-order valence-corrected chi connectivity index (χ0v) is 18.1. The van der Waals surface area contributed by atoms with E-state index in [0.717, 1.165) is 35.3 Å². The number of nitrogens with one attached hydrogen (secondary N) is 1. The highest BCUT2D eigenvalue weighted by molar-refractivity contribution is 5.89. The number of para-hydroxylation sites is 1. The molecule has 0 radical (unpaired) electrons. The van der Waals surface area contributed by atoms with Crippen molar-refractivity contribution >= 4 is 11.8 Å². The van der Waals surface area contributed by atoms with Gasteiger partial charge in [-0.15, -0.1) is 0 Å². The summed E-state index contributed by atoms with van der Waals surface area (Å²) >= 11 is 0. The van der Waals surface area contributed by atoms with E-state index >= 15 is 0 Å². The molecule has 1 aliphatic rings. The van der Waals surface area contributed by atoms with Crippen LogP contribution in [-0.4, -0.2) is 36.4 Å². The van der Waals surface area contributed by atoms with Crippen LogP contribution in [0.25, 0.3) is 11.1 Å². The maximum atomic E-state index is 13.1. The van der Waals surface area contributed by atoms with E-state index in [0.29, 0.717) is 26.1 Å². The minimum Gasteiger partial charge on any atom is -0.491 e. The van der Waals surface area contributed by atoms with Gasteiger partial charge in [0, 0.05) is 18.5 Å². The number of ether oxygens (including phenoxy) is 1. The Kier molecular flexibility index (Phi) is 7.18. The summed E-state index contributed by atoms with van der Waals surface area (Å²) < 4.78 is 6.00. The van der Waals surface area contributed by atoms with Crippen LogP contribution in [0.2, 0.25) is 0 Å². The Bertz CT molecular complexity index is 1040. The van der Waals surface area contributed by atoms with E-state index in [1.54, 1.807) is 4.90 Å². The fourth-order valence-corrected chi connectivity index (χ4v) is 4.09. The van der Waals surface area contributed by atoms with Crippen LogP contribution in [0.5, 0.6) is 5.75 Å². The summed E-state index contributed by atoms with van der Waals surface area (Å²) in [4.78, 5) is 27.4. The molecule has 0 bridgehead atoms. The van der Waals surface area contributed by atoms with Gasteiger partial charge in [-0.25, -0.2) is 0 Å². The number of carbonyl (C=O) groups is 2. The number of hydrogen-bond acceptors (Lipinski definition) is 3. The van der Waals surface area contributed by atoms with Crippen LogP contribution in [0, 0.1) is 0 Å². The number of hydrogen-bond donors (Lipinski definition) is 1. The Labute approximate surface area is 189 Å². The van der Waals surface area contributed by atoms with Crippen molar-refractivity contribution in [1.82, 2.24) is 10.2 Å². The number of benzene rings is 3. The molecule has 1 heterocycles. The van der Waals surface area contributed by atoms with Gasteiger partial charge in [-0.3, -0.25) is 9.59 Å². The molecule has 0 aliphatic carbocycles. The van der Waals surface area contributed by atoms with E-state index in [9.17, 15) is 9.59 Å². The van der Waals surface area contributed by atoms with Gasteiger partial charge >= 0.3 is 0 Å². The van der Waals surface area contributed by atoms with Gasteiger partial charge in [0.1, 0.15) is 18.4 Å². The summed E-state index contributed by atoms with van der Waals surface area (Å²) in [5, 5.41) is 2.97. The first-order valence-electron chi connectivity index (χ1n) is 11.1. The minimum atomic E-state index is -0.611. The standard InChI is InChI=1S/C27H28N2O3/c30-25-17-9-10-19-29(25)26(22-13-5-2-6-14-22)27(31)28-18-20-32-24-16-8-7-15-23(24)21-11-3-1-4-12-21/h1-8,11-16,26H,9-10,17-20H2,(H,28,31). The molecular formula is C27H28N2O3. The monoisotopic (exact) mass is 428 g/mol. The molecule has 5 heteroatoms. The van der Waals surface area contributed by atoms with Crippen molar-refractivity contribution in [1.29, 1.82) is 0 Å². The average Bonchev–Trinajstić information content (AvgIpc) is 2.85. The molecule has 3 aromatic carbocycles. The summed E-state index contributed by atoms with van der Waals surface area (Å²) in [6.45, 7) is 1.30. The van der Waals surface area contributed by atoms with Gasteiger partial charge in [0.2, 0.25) is 11.8 Å². The van der Waals surface area contributed by atoms with Crippen molar-refractivity contribution in [2.45, 2.75) is 25.3 Å². The van der Waals surface area contributed by atoms with Crippen molar-refractivity contribution in [2.24, 2.45) is 0 Å². The maximum Gasteiger partial charge on any atom is 0.247 e. The highest BCUT2D eigenvalue weighted by Gasteiger charge is 2.32. The first kappa shape index (κ1) is 21.6. The molecule has 1 fully saturated rings. The molecule has 0 saturated carbocycles. The van der Waals surface area contributed by atoms with E-state index in [-0.39, 0.29) is 11.8 Å². The maximum absolute atomic E-state index is 13.1. The smallest absolute Gasteiger partial charge is 0.247 e. The van der Waals surface area contributed by atoms with Crippen LogP contribution in [0.15, 0.2) is 84.9 Å². The van der Waals surface area contributed by atoms with Crippen molar-refractivity contribution in [3.8, 4) is 16.9 Å². The molecule has 1 atom stereocenters. The van der Waals surface area contributed by atoms with Gasteiger partial charge in [-0.05, 0) is 30.0 Å². The molecule has 3 aromatic rings. The summed E-state index contributed by atoms with van der Waals surface area (Å²) in [6, 6.07) is 26.8. The summed E-state index contributed by atoms with van der Waals surface area (Å²) in [7, 11) is 0. The normalized spacial score (nSPS) is 14.6. The number of amides is 2. The van der Waals surface area contributed by atoms with Gasteiger partial charge in [-0.1, -0.05) is 78.9 Å². The van der Waals surface area contributed by atoms with Crippen LogP contribution in [-0.2, 0) is 9.59 Å². The van der Waals surface area contributed by atoms with Crippen LogP contribution < -0.4 is 10.1 Å². The molecule has 5 nitrogen and oxygen atoms in total. The second-order valence-electron chi connectivity index (χ2n) is 7.86. The quantitative estimate of drug-likeness (QED) is 0.534. The summed E-state index contributed by atoms with van der Waals surface area (Å²) in [5.41, 5.74) is 2.93. The molecular weight excluding hydrogens is 400 g/mol. The topological polar surface area (TPSA) is 58.6 Å². The second-order valence-corrected chi connectivity index (χ2v) is 7.86. The highest BCUT2D eigenvalue weighted by Crippen LogP contribution is 2.29. The predicted molar refractivity (Wildman–Crippen MR) is 125 cm³/mol. The molecule has 1 N–H and O–H groups in total. The van der Waals surface area contributed by atoms with Crippen molar-refractivity contribution in [2.75, 3.05) is 19.7 Å². The zero-order chi connectivity index (χ0) is 22.2. The first-order chi connectivity index (χ1) is 15.7. The largest absolute Gasteiger partial charge is 0.491 e. The third kappa shape index (κ3) is 5.17. The lowest BCUT2D eigenvalue weighted by Gasteiger charge is -2.34. The second kappa shape index (κ2) is 10.6. The van der Waals surface area contributed by atoms with Crippen LogP contribution >= 0.6 is 0 Å². The lowest BCUT2D eigenvalue weighted by Crippen LogP contribution is -2.46. The van der Waals surface area contributed by atoms with E-state index in [4.69, 9.17) is 4.74 Å². The van der Waals surface area contributed by atoms with Crippen molar-refractivity contribution in [3.05, 3.63) is 90.5 Å². The zero-order valence-electron chi connectivity index (χ0n) is 18.1. The highest BCUT2D eigenvalue weighted by atomic mass is 16.5. The Hall–Kier alpha value is -3.60. The molecule has 164 valence electrons. The van der Waals surface area contributed by atoms with Gasteiger partial charge < -0.3 is 15.0 Å². The van der Waals surface area contributed by atoms with Gasteiger partial charge in [0.15, 0.2) is 0 Å². The molecule has 1 aliphatic heterocycles. The molecule has 0 aromatic heterocycles. The average molecular weight is 429 g/mol. The number of likely N-dealkylation sites (tertiary alicyclic amines) is 1. The van der Waals surface area contributed by atoms with Gasteiger partial charge in [0.05, 0.1) is 6.54 Å².